The SMILES string of the molecule is C[C@H]1[C@@H](C(=O)Nc2cc(F)c(F)c(F)c2)CCN1C(=O)c1cc2cccnc2[nH]1. The van der Waals surface area contributed by atoms with Gasteiger partial charge in [-0.25, -0.2) is 18.2 Å². The van der Waals surface area contributed by atoms with E-state index in [-0.39, 0.29) is 11.6 Å². The van der Waals surface area contributed by atoms with E-state index in [0.717, 1.165) is 17.5 Å². The van der Waals surface area contributed by atoms with Gasteiger partial charge in [-0.2, -0.15) is 0 Å². The first kappa shape index (κ1) is 19.0. The minimum absolute atomic E-state index is 0.176. The molecule has 0 aliphatic carbocycles. The van der Waals surface area contributed by atoms with Crippen molar-refractivity contribution in [3.05, 3.63) is 59.7 Å². The van der Waals surface area contributed by atoms with Crippen LogP contribution in [0.5, 0.6) is 0 Å². The minimum atomic E-state index is -1.60. The van der Waals surface area contributed by atoms with Crippen LogP contribution in [0, 0.1) is 23.4 Å². The van der Waals surface area contributed by atoms with E-state index in [2.05, 4.69) is 15.3 Å². The number of hydrogen-bond acceptors (Lipinski definition) is 3. The highest BCUT2D eigenvalue weighted by molar-refractivity contribution is 5.99. The number of benzene rings is 1. The Kier molecular flexibility index (Phi) is 4.73. The van der Waals surface area contributed by atoms with E-state index in [4.69, 9.17) is 0 Å². The maximum atomic E-state index is 13.4. The third-order valence-corrected chi connectivity index (χ3v) is 5.23. The number of likely N-dealkylation sites (tertiary alicyclic amines) is 1. The molecule has 9 heteroatoms. The molecule has 1 saturated heterocycles. The Labute approximate surface area is 163 Å². The highest BCUT2D eigenvalue weighted by atomic mass is 19.2. The molecule has 0 unspecified atom stereocenters. The van der Waals surface area contributed by atoms with Crippen LogP contribution in [-0.4, -0.2) is 39.3 Å². The molecular formula is C20H17F3N4O2. The highest BCUT2D eigenvalue weighted by Crippen LogP contribution is 2.28. The molecule has 1 aromatic carbocycles. The molecule has 6 nitrogen and oxygen atoms in total. The van der Waals surface area contributed by atoms with E-state index >= 15 is 0 Å². The zero-order valence-corrected chi connectivity index (χ0v) is 15.4. The van der Waals surface area contributed by atoms with Crippen molar-refractivity contribution in [3.63, 3.8) is 0 Å². The van der Waals surface area contributed by atoms with E-state index in [1.165, 1.54) is 0 Å². The Balaban J connectivity index is 1.48. The lowest BCUT2D eigenvalue weighted by Gasteiger charge is -2.24. The van der Waals surface area contributed by atoms with Gasteiger partial charge >= 0.3 is 0 Å². The molecule has 2 N–H and O–H groups in total. The van der Waals surface area contributed by atoms with Crippen LogP contribution in [0.1, 0.15) is 23.8 Å². The molecule has 3 heterocycles. The van der Waals surface area contributed by atoms with Crippen molar-refractivity contribution >= 4 is 28.5 Å². The summed E-state index contributed by atoms with van der Waals surface area (Å²) in [7, 11) is 0. The van der Waals surface area contributed by atoms with Gasteiger partial charge in [0.2, 0.25) is 5.91 Å². The summed E-state index contributed by atoms with van der Waals surface area (Å²) in [6.45, 7) is 2.09. The number of hydrogen-bond donors (Lipinski definition) is 2. The molecule has 150 valence electrons. The average Bonchev–Trinajstić information content (AvgIpc) is 3.29. The number of carbonyl (C=O) groups is 2. The third-order valence-electron chi connectivity index (χ3n) is 5.23. The molecular weight excluding hydrogens is 385 g/mol. The van der Waals surface area contributed by atoms with Crippen LogP contribution in [0.25, 0.3) is 11.0 Å². The number of fused-ring (bicyclic) bond motifs is 1. The first-order valence-electron chi connectivity index (χ1n) is 9.05. The monoisotopic (exact) mass is 402 g/mol. The second-order valence-electron chi connectivity index (χ2n) is 7.00. The molecule has 2 aromatic heterocycles. The van der Waals surface area contributed by atoms with Crippen LogP contribution < -0.4 is 5.32 Å². The summed E-state index contributed by atoms with van der Waals surface area (Å²) >= 11 is 0. The summed E-state index contributed by atoms with van der Waals surface area (Å²) in [4.78, 5) is 34.2. The van der Waals surface area contributed by atoms with Crippen LogP contribution in [0.3, 0.4) is 0 Å². The van der Waals surface area contributed by atoms with Crippen molar-refractivity contribution in [2.75, 3.05) is 11.9 Å². The largest absolute Gasteiger partial charge is 0.335 e. The maximum Gasteiger partial charge on any atom is 0.270 e. The number of carbonyl (C=O) groups excluding carboxylic acids is 2. The lowest BCUT2D eigenvalue weighted by molar-refractivity contribution is -0.120. The fourth-order valence-electron chi connectivity index (χ4n) is 3.67. The molecule has 1 fully saturated rings. The lowest BCUT2D eigenvalue weighted by atomic mass is 10.0. The number of aromatic amines is 1. The maximum absolute atomic E-state index is 13.4. The van der Waals surface area contributed by atoms with Gasteiger partial charge in [0.25, 0.3) is 5.91 Å². The Hall–Kier alpha value is -3.36. The minimum Gasteiger partial charge on any atom is -0.335 e. The summed E-state index contributed by atoms with van der Waals surface area (Å²) in [5, 5.41) is 3.21. The molecule has 0 bridgehead atoms. The highest BCUT2D eigenvalue weighted by Gasteiger charge is 2.39. The number of H-pyrrole nitrogens is 1. The second kappa shape index (κ2) is 7.23. The van der Waals surface area contributed by atoms with Gasteiger partial charge in [0.15, 0.2) is 17.5 Å². The number of nitrogens with one attached hydrogen (secondary N) is 2. The van der Waals surface area contributed by atoms with Gasteiger partial charge in [-0.15, -0.1) is 0 Å². The van der Waals surface area contributed by atoms with E-state index in [0.29, 0.717) is 24.3 Å². The summed E-state index contributed by atoms with van der Waals surface area (Å²) in [5.41, 5.74) is 0.789. The van der Waals surface area contributed by atoms with Crippen molar-refractivity contribution < 1.29 is 22.8 Å². The van der Waals surface area contributed by atoms with Crippen LogP contribution >= 0.6 is 0 Å². The number of amides is 2. The predicted octanol–water partition coefficient (Wildman–Crippen LogP) is 3.47. The normalized spacial score (nSPS) is 19.0. The molecule has 0 radical (unpaired) electrons. The van der Waals surface area contributed by atoms with Crippen LogP contribution in [0.15, 0.2) is 36.5 Å². The van der Waals surface area contributed by atoms with Gasteiger partial charge in [-0.1, -0.05) is 0 Å². The van der Waals surface area contributed by atoms with Gasteiger partial charge in [0, 0.05) is 42.0 Å². The number of halogens is 3. The molecule has 0 saturated carbocycles. The van der Waals surface area contributed by atoms with Crippen molar-refractivity contribution in [2.45, 2.75) is 19.4 Å². The van der Waals surface area contributed by atoms with Crippen molar-refractivity contribution in [2.24, 2.45) is 5.92 Å². The molecule has 29 heavy (non-hydrogen) atoms. The van der Waals surface area contributed by atoms with Gasteiger partial charge in [0.1, 0.15) is 11.3 Å². The molecule has 1 aliphatic rings. The number of anilines is 1. The van der Waals surface area contributed by atoms with Gasteiger partial charge in [-0.3, -0.25) is 9.59 Å². The van der Waals surface area contributed by atoms with Gasteiger partial charge in [-0.05, 0) is 31.5 Å². The Morgan fingerprint density at radius 2 is 1.93 bits per heavy atom. The molecule has 4 rings (SSSR count). The van der Waals surface area contributed by atoms with Crippen LogP contribution in [0.2, 0.25) is 0 Å². The van der Waals surface area contributed by atoms with E-state index in [9.17, 15) is 22.8 Å². The van der Waals surface area contributed by atoms with Crippen molar-refractivity contribution in [3.8, 4) is 0 Å². The first-order chi connectivity index (χ1) is 13.8. The second-order valence-corrected chi connectivity index (χ2v) is 7.00. The third kappa shape index (κ3) is 3.43. The Bertz CT molecular complexity index is 1060. The average molecular weight is 402 g/mol. The number of pyridine rings is 1. The smallest absolute Gasteiger partial charge is 0.270 e. The topological polar surface area (TPSA) is 78.1 Å². The summed E-state index contributed by atoms with van der Waals surface area (Å²) < 4.78 is 39.8. The van der Waals surface area contributed by atoms with Crippen LogP contribution in [-0.2, 0) is 4.79 Å². The van der Waals surface area contributed by atoms with Gasteiger partial charge < -0.3 is 15.2 Å². The number of rotatable bonds is 3. The van der Waals surface area contributed by atoms with Crippen LogP contribution in [0.4, 0.5) is 18.9 Å². The number of nitrogens with zero attached hydrogens (tertiary/aromatic N) is 2. The zero-order chi connectivity index (χ0) is 20.7. The standard InChI is InChI=1S/C20H17F3N4O2/c1-10-13(19(28)25-12-8-14(21)17(23)15(22)9-12)4-6-27(10)20(29)16-7-11-3-2-5-24-18(11)26-16/h2-3,5,7-10,13H,4,6H2,1H3,(H,24,26)(H,25,28)/t10-,13-/m0/s1. The first-order valence-corrected chi connectivity index (χ1v) is 9.05. The predicted molar refractivity (Wildman–Crippen MR) is 99.6 cm³/mol. The molecule has 3 aromatic rings. The molecule has 2 amide bonds. The quantitative estimate of drug-likeness (QED) is 0.659. The Morgan fingerprint density at radius 3 is 2.62 bits per heavy atom. The van der Waals surface area contributed by atoms with E-state index in [1.54, 1.807) is 30.2 Å². The molecule has 0 spiro atoms. The van der Waals surface area contributed by atoms with E-state index in [1.807, 2.05) is 6.07 Å². The summed E-state index contributed by atoms with van der Waals surface area (Å²) in [6, 6.07) is 6.31. The lowest BCUT2D eigenvalue weighted by Crippen LogP contribution is -2.39. The fourth-order valence-corrected chi connectivity index (χ4v) is 3.67. The Morgan fingerprint density at radius 1 is 1.21 bits per heavy atom. The zero-order valence-electron chi connectivity index (χ0n) is 15.4. The summed E-state index contributed by atoms with van der Waals surface area (Å²) in [6.07, 6.45) is 2.01. The molecule has 2 atom stereocenters. The fraction of sp³-hybridized carbons (Fsp3) is 0.250. The van der Waals surface area contributed by atoms with Crippen molar-refractivity contribution in [1.82, 2.24) is 14.9 Å². The van der Waals surface area contributed by atoms with Gasteiger partial charge in [0.05, 0.1) is 5.92 Å². The number of aromatic nitrogens is 2. The van der Waals surface area contributed by atoms with Crippen molar-refractivity contribution in [1.29, 1.82) is 0 Å². The van der Waals surface area contributed by atoms with E-state index < -0.39 is 35.3 Å². The summed E-state index contributed by atoms with van der Waals surface area (Å²) in [5.74, 6) is -5.69. The molecule has 1 aliphatic heterocycles.